The first-order chi connectivity index (χ1) is 57.1. The lowest BCUT2D eigenvalue weighted by Gasteiger charge is -2.46. The van der Waals surface area contributed by atoms with E-state index in [0.717, 1.165) is 151 Å². The highest BCUT2D eigenvalue weighted by molar-refractivity contribution is 7.00. The van der Waals surface area contributed by atoms with Crippen molar-refractivity contribution in [3.63, 3.8) is 0 Å². The second kappa shape index (κ2) is 28.2. The van der Waals surface area contributed by atoms with Gasteiger partial charge in [0.1, 0.15) is 0 Å². The molecule has 0 aliphatic carbocycles. The molecule has 0 radical (unpaired) electrons. The predicted octanol–water partition coefficient (Wildman–Crippen LogP) is 28.9. The molecule has 7 heteroatoms. The Kier molecular flexibility index (Phi) is 17.9. The zero-order valence-corrected chi connectivity index (χ0v) is 70.8. The molecule has 0 saturated carbocycles. The summed E-state index contributed by atoms with van der Waals surface area (Å²) in [5, 5.41) is 15.5. The minimum absolute atomic E-state index is 0.0632. The van der Waals surface area contributed by atoms with Crippen LogP contribution in [0.25, 0.3) is 127 Å². The number of hydrogen-bond donors (Lipinski definition) is 0. The molecule has 2 aliphatic rings. The molecule has 19 rings (SSSR count). The van der Waals surface area contributed by atoms with E-state index in [4.69, 9.17) is 6.57 Å². The van der Waals surface area contributed by atoms with Gasteiger partial charge in [0.05, 0.1) is 51.6 Å². The van der Waals surface area contributed by atoms with Crippen LogP contribution in [-0.2, 0) is 27.1 Å². The second-order valence-corrected chi connectivity index (χ2v) is 38.0. The van der Waals surface area contributed by atoms with Gasteiger partial charge in [-0.1, -0.05) is 322 Å². The topological polar surface area (TPSA) is 44.5 Å². The number of hydrogen-bond acceptors (Lipinski definition) is 3. The minimum Gasteiger partial charge on any atom is -0.310 e. The number of nitriles is 1. The number of anilines is 6. The van der Waals surface area contributed by atoms with Crippen LogP contribution in [0.5, 0.6) is 0 Å². The second-order valence-electron chi connectivity index (χ2n) is 38.0. The average molecular weight is 1540 g/mol. The van der Waals surface area contributed by atoms with E-state index < -0.39 is 5.41 Å². The number of nitrogens with zero attached hydrogens (tertiary/aromatic N) is 6. The van der Waals surface area contributed by atoms with Crippen LogP contribution < -0.4 is 26.2 Å². The first-order valence-electron chi connectivity index (χ1n) is 41.9. The van der Waals surface area contributed by atoms with Crippen molar-refractivity contribution in [3.8, 4) is 84.2 Å². The van der Waals surface area contributed by atoms with Crippen molar-refractivity contribution in [3.05, 3.63) is 360 Å². The van der Waals surface area contributed by atoms with Crippen molar-refractivity contribution >= 4 is 107 Å². The smallest absolute Gasteiger partial charge is 0.252 e. The van der Waals surface area contributed by atoms with Crippen molar-refractivity contribution in [2.75, 3.05) is 9.80 Å². The molecule has 4 heterocycles. The number of aromatic nitrogens is 2. The fourth-order valence-corrected chi connectivity index (χ4v) is 18.6. The van der Waals surface area contributed by atoms with E-state index in [-0.39, 0.29) is 28.4 Å². The van der Waals surface area contributed by atoms with E-state index in [1.54, 1.807) is 0 Å². The first kappa shape index (κ1) is 75.6. The minimum atomic E-state index is -0.442. The number of benzene rings is 15. The Morgan fingerprint density at radius 3 is 0.966 bits per heavy atom. The summed E-state index contributed by atoms with van der Waals surface area (Å²) in [5.74, 6) is 0. The molecule has 0 spiro atoms. The standard InChI is InChI=1S/C112H97BN6/c1-108(2,3)79-49-43-71(44-50-79)77-61-91(73-41-39-70(69-114)40-42-73)106(93(63-77)75-27-25-29-81(59-75)110(7,8)9)118-101-67-85(116-97-35-21-17-31-87(97)88-32-18-22-36-98(88)116)55-57-95(101)113-96-58-56-86(117-99-37-23-19-33-89(99)90-34-20-24-38-100(90)117)68-102(96)119(104-66-83(112(13,14)15)65-103(118)105(104)113)107-92(74-47-53-84(115-16)54-48-74)62-78(72-45-51-80(52-46-72)109(4,5)6)64-94(107)76-28-26-30-82(60-76)111(10,11)12/h17-68H,1-15H3. The summed E-state index contributed by atoms with van der Waals surface area (Å²) in [7, 11) is 0. The number of para-hydroxylation sites is 4. The van der Waals surface area contributed by atoms with Gasteiger partial charge in [-0.05, 0) is 213 Å². The van der Waals surface area contributed by atoms with Crippen LogP contribution in [0.4, 0.5) is 39.8 Å². The largest absolute Gasteiger partial charge is 0.310 e. The van der Waals surface area contributed by atoms with E-state index in [9.17, 15) is 5.26 Å². The maximum absolute atomic E-state index is 10.7. The van der Waals surface area contributed by atoms with Gasteiger partial charge in [-0.2, -0.15) is 5.26 Å². The van der Waals surface area contributed by atoms with Gasteiger partial charge in [0.2, 0.25) is 0 Å². The molecule has 119 heavy (non-hydrogen) atoms. The normalized spacial score (nSPS) is 12.9. The summed E-state index contributed by atoms with van der Waals surface area (Å²) in [6.07, 6.45) is 0. The van der Waals surface area contributed by atoms with Gasteiger partial charge in [-0.15, -0.1) is 0 Å². The van der Waals surface area contributed by atoms with Crippen LogP contribution in [0.1, 0.15) is 137 Å². The molecule has 0 bridgehead atoms. The molecular weight excluding hydrogens is 1440 g/mol. The third kappa shape index (κ3) is 13.0. The van der Waals surface area contributed by atoms with E-state index in [2.05, 4.69) is 425 Å². The molecular formula is C112H97BN6. The van der Waals surface area contributed by atoms with Gasteiger partial charge < -0.3 is 18.9 Å². The predicted molar refractivity (Wildman–Crippen MR) is 506 cm³/mol. The lowest BCUT2D eigenvalue weighted by molar-refractivity contribution is 0.590. The monoisotopic (exact) mass is 1540 g/mol. The maximum atomic E-state index is 10.7. The van der Waals surface area contributed by atoms with Crippen molar-refractivity contribution in [1.29, 1.82) is 5.26 Å². The SMILES string of the molecule is [C-]#[N+]c1ccc(-c2cc(-c3ccc(C(C)(C)C)cc3)cc(-c3cccc(C(C)(C)C)c3)c2N2c3cc(-n4c5ccccc5c5ccccc54)ccc3B3c4ccc(-n5c6ccccc6c6ccccc65)cc4N(c4c(-c5ccc(C#N)cc5)cc(-c5ccc(C(C)(C)C)cc5)cc4-c4cccc(C(C)(C)C)c4)c4cc(C(C)(C)C)cc2c43)cc1. The highest BCUT2D eigenvalue weighted by Gasteiger charge is 2.47. The molecule has 6 nitrogen and oxygen atoms in total. The molecule has 2 aliphatic heterocycles. The lowest BCUT2D eigenvalue weighted by atomic mass is 9.33. The molecule has 0 unspecified atom stereocenters. The third-order valence-electron chi connectivity index (χ3n) is 25.1. The van der Waals surface area contributed by atoms with E-state index in [1.807, 2.05) is 24.3 Å². The molecule has 0 fully saturated rings. The fraction of sp³-hybridized carbons (Fsp3) is 0.179. The Morgan fingerprint density at radius 2 is 0.622 bits per heavy atom. The third-order valence-corrected chi connectivity index (χ3v) is 25.1. The Balaban J connectivity index is 1.01. The average Bonchev–Trinajstić information content (AvgIpc) is 0.908. The zero-order chi connectivity index (χ0) is 82.5. The van der Waals surface area contributed by atoms with Crippen LogP contribution in [0.2, 0.25) is 0 Å². The highest BCUT2D eigenvalue weighted by atomic mass is 15.2. The number of fused-ring (bicyclic) bond motifs is 10. The Hall–Kier alpha value is -13.5. The summed E-state index contributed by atoms with van der Waals surface area (Å²) >= 11 is 0. The van der Waals surface area contributed by atoms with E-state index in [1.165, 1.54) is 49.3 Å². The molecule has 0 saturated heterocycles. The Labute approximate surface area is 701 Å². The van der Waals surface area contributed by atoms with Crippen LogP contribution in [0, 0.1) is 17.9 Å². The fourth-order valence-electron chi connectivity index (χ4n) is 18.6. The van der Waals surface area contributed by atoms with Crippen molar-refractivity contribution < 1.29 is 0 Å². The molecule has 0 atom stereocenters. The van der Waals surface area contributed by atoms with Crippen molar-refractivity contribution in [2.45, 2.75) is 131 Å². The van der Waals surface area contributed by atoms with Gasteiger partial charge in [0, 0.05) is 77.9 Å². The van der Waals surface area contributed by atoms with Gasteiger partial charge in [0.25, 0.3) is 6.71 Å². The van der Waals surface area contributed by atoms with Crippen molar-refractivity contribution in [2.24, 2.45) is 0 Å². The summed E-state index contributed by atoms with van der Waals surface area (Å²) in [6.45, 7) is 42.8. The first-order valence-corrected chi connectivity index (χ1v) is 41.9. The van der Waals surface area contributed by atoms with Gasteiger partial charge in [0.15, 0.2) is 5.69 Å². The van der Waals surface area contributed by atoms with E-state index in [0.29, 0.717) is 11.3 Å². The maximum Gasteiger partial charge on any atom is 0.252 e. The quantitative estimate of drug-likeness (QED) is 0.101. The molecule has 0 N–H and O–H groups in total. The van der Waals surface area contributed by atoms with Crippen molar-refractivity contribution in [1.82, 2.24) is 9.13 Å². The summed E-state index contributed by atoms with van der Waals surface area (Å²) in [6, 6.07) is 121. The van der Waals surface area contributed by atoms with Crippen LogP contribution >= 0.6 is 0 Å². The molecule has 2 aromatic heterocycles. The van der Waals surface area contributed by atoms with Crippen LogP contribution in [0.15, 0.2) is 315 Å². The Bertz CT molecular complexity index is 6540. The summed E-state index contributed by atoms with van der Waals surface area (Å²) in [5.41, 5.74) is 35.4. The summed E-state index contributed by atoms with van der Waals surface area (Å²) < 4.78 is 4.96. The van der Waals surface area contributed by atoms with Crippen LogP contribution in [0.3, 0.4) is 0 Å². The lowest BCUT2D eigenvalue weighted by Crippen LogP contribution is -2.61. The van der Waals surface area contributed by atoms with Gasteiger partial charge in [-0.25, -0.2) is 4.85 Å². The molecule has 578 valence electrons. The Morgan fingerprint density at radius 1 is 0.286 bits per heavy atom. The molecule has 15 aromatic carbocycles. The van der Waals surface area contributed by atoms with Gasteiger partial charge in [-0.3, -0.25) is 0 Å². The van der Waals surface area contributed by atoms with Crippen LogP contribution in [-0.4, -0.2) is 15.8 Å². The van der Waals surface area contributed by atoms with Gasteiger partial charge >= 0.3 is 0 Å². The number of rotatable bonds is 10. The zero-order valence-electron chi connectivity index (χ0n) is 70.8. The summed E-state index contributed by atoms with van der Waals surface area (Å²) in [4.78, 5) is 9.41. The highest BCUT2D eigenvalue weighted by Crippen LogP contribution is 2.57. The molecule has 17 aromatic rings. The molecule has 0 amide bonds. The van der Waals surface area contributed by atoms with E-state index >= 15 is 0 Å².